The highest BCUT2D eigenvalue weighted by Crippen LogP contribution is 2.15. The second-order valence-electron chi connectivity index (χ2n) is 13.7. The normalized spacial score (nSPS) is 12.6. The summed E-state index contributed by atoms with van der Waals surface area (Å²) < 4.78 is 10.6. The summed E-state index contributed by atoms with van der Waals surface area (Å²) in [7, 11) is 0. The Labute approximate surface area is 303 Å². The number of allylic oxidation sites excluding steroid dienone is 8. The molecule has 0 aliphatic rings. The van der Waals surface area contributed by atoms with Crippen LogP contribution in [0.3, 0.4) is 0 Å². The van der Waals surface area contributed by atoms with E-state index in [0.29, 0.717) is 12.8 Å². The molecule has 284 valence electrons. The molecule has 0 amide bonds. The summed E-state index contributed by atoms with van der Waals surface area (Å²) >= 11 is 0. The minimum Gasteiger partial charge on any atom is -0.462 e. The molecule has 1 N–H and O–H groups in total. The summed E-state index contributed by atoms with van der Waals surface area (Å²) in [4.78, 5) is 24.3. The number of hydrogen-bond acceptors (Lipinski definition) is 5. The lowest BCUT2D eigenvalue weighted by Crippen LogP contribution is -2.28. The van der Waals surface area contributed by atoms with Gasteiger partial charge in [0, 0.05) is 12.8 Å². The maximum absolute atomic E-state index is 12.2. The monoisotopic (exact) mass is 687 g/mol. The predicted molar refractivity (Wildman–Crippen MR) is 210 cm³/mol. The van der Waals surface area contributed by atoms with Crippen molar-refractivity contribution in [3.8, 4) is 0 Å². The summed E-state index contributed by atoms with van der Waals surface area (Å²) in [5.74, 6) is -0.635. The highest BCUT2D eigenvalue weighted by molar-refractivity contribution is 5.70. The maximum atomic E-state index is 12.2. The van der Waals surface area contributed by atoms with Gasteiger partial charge in [0.05, 0.1) is 6.61 Å². The zero-order valence-electron chi connectivity index (χ0n) is 32.2. The van der Waals surface area contributed by atoms with Gasteiger partial charge in [-0.1, -0.05) is 184 Å². The molecular formula is C44H78O5. The van der Waals surface area contributed by atoms with Gasteiger partial charge < -0.3 is 14.6 Å². The molecule has 0 aromatic carbocycles. The van der Waals surface area contributed by atoms with E-state index >= 15 is 0 Å². The number of esters is 2. The van der Waals surface area contributed by atoms with Gasteiger partial charge in [-0.25, -0.2) is 0 Å². The molecule has 0 heterocycles. The van der Waals surface area contributed by atoms with Crippen molar-refractivity contribution < 1.29 is 24.2 Å². The predicted octanol–water partition coefficient (Wildman–Crippen LogP) is 13.0. The number of hydrogen-bond donors (Lipinski definition) is 1. The molecular weight excluding hydrogens is 608 g/mol. The van der Waals surface area contributed by atoms with Crippen molar-refractivity contribution in [2.75, 3.05) is 13.2 Å². The summed E-state index contributed by atoms with van der Waals surface area (Å²) in [6, 6.07) is 0. The van der Waals surface area contributed by atoms with Gasteiger partial charge >= 0.3 is 11.9 Å². The van der Waals surface area contributed by atoms with Crippen LogP contribution in [0.15, 0.2) is 48.6 Å². The molecule has 0 radical (unpaired) electrons. The second-order valence-corrected chi connectivity index (χ2v) is 13.7. The fraction of sp³-hybridized carbons (Fsp3) is 0.773. The van der Waals surface area contributed by atoms with Crippen LogP contribution in [0.1, 0.15) is 200 Å². The molecule has 0 aromatic heterocycles. The fourth-order valence-electron chi connectivity index (χ4n) is 5.78. The van der Waals surface area contributed by atoms with E-state index in [1.165, 1.54) is 109 Å². The molecule has 0 unspecified atom stereocenters. The van der Waals surface area contributed by atoms with Gasteiger partial charge in [0.25, 0.3) is 0 Å². The Morgan fingerprint density at radius 3 is 1.33 bits per heavy atom. The quantitative estimate of drug-likeness (QED) is 0.0400. The molecule has 5 nitrogen and oxygen atoms in total. The summed E-state index contributed by atoms with van der Waals surface area (Å²) in [6.45, 7) is 4.00. The molecule has 0 saturated carbocycles. The van der Waals surface area contributed by atoms with E-state index in [9.17, 15) is 14.7 Å². The Hall–Kier alpha value is -2.14. The van der Waals surface area contributed by atoms with E-state index in [4.69, 9.17) is 9.47 Å². The highest BCUT2D eigenvalue weighted by Gasteiger charge is 2.16. The number of rotatable bonds is 37. The van der Waals surface area contributed by atoms with Crippen molar-refractivity contribution in [3.63, 3.8) is 0 Å². The molecule has 0 fully saturated rings. The molecule has 0 aliphatic heterocycles. The van der Waals surface area contributed by atoms with E-state index in [-0.39, 0.29) is 25.2 Å². The van der Waals surface area contributed by atoms with Crippen molar-refractivity contribution in [1.29, 1.82) is 0 Å². The fourth-order valence-corrected chi connectivity index (χ4v) is 5.78. The number of carbonyl (C=O) groups is 2. The average molecular weight is 687 g/mol. The van der Waals surface area contributed by atoms with Crippen LogP contribution in [0.5, 0.6) is 0 Å². The lowest BCUT2D eigenvalue weighted by Gasteiger charge is -2.15. The molecule has 0 spiro atoms. The SMILES string of the molecule is CC/C=C/C/C=C/C/C=C/C/C=C/CCCCC(=O)OC[C@H](CO)OC(=O)CCCCCCCCCCCCCCCCCCCCCC. The van der Waals surface area contributed by atoms with Gasteiger partial charge in [-0.2, -0.15) is 0 Å². The first-order chi connectivity index (χ1) is 24.1. The Bertz CT molecular complexity index is 827. The Kier molecular flexibility index (Phi) is 38.5. The molecule has 49 heavy (non-hydrogen) atoms. The minimum atomic E-state index is -0.786. The van der Waals surface area contributed by atoms with Crippen molar-refractivity contribution in [1.82, 2.24) is 0 Å². The van der Waals surface area contributed by atoms with Crippen molar-refractivity contribution in [3.05, 3.63) is 48.6 Å². The Balaban J connectivity index is 3.56. The molecule has 0 aliphatic carbocycles. The number of ether oxygens (including phenoxy) is 2. The van der Waals surface area contributed by atoms with Gasteiger partial charge in [-0.3, -0.25) is 9.59 Å². The highest BCUT2D eigenvalue weighted by atomic mass is 16.6. The third kappa shape index (κ3) is 38.5. The number of unbranched alkanes of at least 4 members (excludes halogenated alkanes) is 21. The van der Waals surface area contributed by atoms with Gasteiger partial charge in [0.2, 0.25) is 0 Å². The van der Waals surface area contributed by atoms with Crippen LogP contribution in [-0.4, -0.2) is 36.4 Å². The van der Waals surface area contributed by atoms with Crippen LogP contribution >= 0.6 is 0 Å². The lowest BCUT2D eigenvalue weighted by molar-refractivity contribution is -0.161. The third-order valence-electron chi connectivity index (χ3n) is 8.89. The molecule has 0 saturated heterocycles. The van der Waals surface area contributed by atoms with Crippen LogP contribution in [0.4, 0.5) is 0 Å². The maximum Gasteiger partial charge on any atom is 0.306 e. The Morgan fingerprint density at radius 1 is 0.490 bits per heavy atom. The van der Waals surface area contributed by atoms with E-state index in [1.807, 2.05) is 0 Å². The third-order valence-corrected chi connectivity index (χ3v) is 8.89. The zero-order valence-corrected chi connectivity index (χ0v) is 32.2. The first-order valence-corrected chi connectivity index (χ1v) is 20.7. The van der Waals surface area contributed by atoms with Crippen LogP contribution in [0.2, 0.25) is 0 Å². The van der Waals surface area contributed by atoms with Gasteiger partial charge in [0.15, 0.2) is 6.10 Å². The van der Waals surface area contributed by atoms with Crippen molar-refractivity contribution in [2.45, 2.75) is 206 Å². The van der Waals surface area contributed by atoms with Gasteiger partial charge in [0.1, 0.15) is 6.61 Å². The second kappa shape index (κ2) is 40.3. The first-order valence-electron chi connectivity index (χ1n) is 20.7. The van der Waals surface area contributed by atoms with Crippen LogP contribution in [0.25, 0.3) is 0 Å². The summed E-state index contributed by atoms with van der Waals surface area (Å²) in [5, 5.41) is 9.56. The summed E-state index contributed by atoms with van der Waals surface area (Å²) in [6.07, 6.45) is 50.4. The van der Waals surface area contributed by atoms with E-state index < -0.39 is 6.10 Å². The lowest BCUT2D eigenvalue weighted by atomic mass is 10.0. The largest absolute Gasteiger partial charge is 0.462 e. The number of aliphatic hydroxyl groups excluding tert-OH is 1. The van der Waals surface area contributed by atoms with Crippen LogP contribution < -0.4 is 0 Å². The molecule has 1 atom stereocenters. The number of aliphatic hydroxyl groups is 1. The zero-order chi connectivity index (χ0) is 35.7. The van der Waals surface area contributed by atoms with E-state index in [1.54, 1.807) is 0 Å². The van der Waals surface area contributed by atoms with E-state index in [0.717, 1.165) is 64.2 Å². The van der Waals surface area contributed by atoms with Crippen LogP contribution in [0, 0.1) is 0 Å². The number of carbonyl (C=O) groups excluding carboxylic acids is 2. The van der Waals surface area contributed by atoms with Crippen molar-refractivity contribution >= 4 is 11.9 Å². The topological polar surface area (TPSA) is 72.8 Å². The van der Waals surface area contributed by atoms with Crippen molar-refractivity contribution in [2.24, 2.45) is 0 Å². The Morgan fingerprint density at radius 2 is 0.878 bits per heavy atom. The first kappa shape index (κ1) is 46.9. The standard InChI is InChI=1S/C44H78O5/c1-3-5-7-9-11-13-15-17-19-20-21-22-23-25-27-29-31-33-35-37-39-44(47)49-42(40-45)41-48-43(46)38-36-34-32-30-28-26-24-18-16-14-12-10-8-6-4-2/h6,8,12,14,18,24,28,30,42,45H,3-5,7,9-11,13,15-17,19-23,25-27,29,31-41H2,1-2H3/b8-6+,14-12+,24-18+,30-28+/t42-/m0/s1. The molecule has 0 rings (SSSR count). The van der Waals surface area contributed by atoms with Gasteiger partial charge in [-0.15, -0.1) is 0 Å². The van der Waals surface area contributed by atoms with Gasteiger partial charge in [-0.05, 0) is 51.4 Å². The van der Waals surface area contributed by atoms with Crippen LogP contribution in [-0.2, 0) is 19.1 Å². The summed E-state index contributed by atoms with van der Waals surface area (Å²) in [5.41, 5.74) is 0. The smallest absolute Gasteiger partial charge is 0.306 e. The molecule has 0 aromatic rings. The van der Waals surface area contributed by atoms with E-state index in [2.05, 4.69) is 62.5 Å². The minimum absolute atomic E-state index is 0.0861. The molecule has 5 heteroatoms. The molecule has 0 bridgehead atoms. The average Bonchev–Trinajstić information content (AvgIpc) is 3.10.